The van der Waals surface area contributed by atoms with Gasteiger partial charge in [0.05, 0.1) is 13.2 Å². The molecule has 182 valence electrons. The molecule has 32 heavy (non-hydrogen) atoms. The standard InChI is InChI=1S/C22H34F3N3O4/c1-20(2,3)32-19(29)27-9-7-26(8-10-27)16-17-5-6-21(4,28-11-13-30-14-12-28)15-18(17)31-22(23,24)25/h5,15H,6-14,16H2,1-4H3. The van der Waals surface area contributed by atoms with Crippen molar-refractivity contribution in [3.63, 3.8) is 0 Å². The van der Waals surface area contributed by atoms with Crippen LogP contribution in [0.3, 0.4) is 0 Å². The van der Waals surface area contributed by atoms with Gasteiger partial charge in [0.15, 0.2) is 0 Å². The normalized spacial score (nSPS) is 26.4. The summed E-state index contributed by atoms with van der Waals surface area (Å²) in [6.45, 7) is 12.2. The molecule has 1 atom stereocenters. The molecule has 0 spiro atoms. The van der Waals surface area contributed by atoms with E-state index in [1.54, 1.807) is 11.0 Å². The molecule has 2 saturated heterocycles. The zero-order chi connectivity index (χ0) is 23.6. The first-order chi connectivity index (χ1) is 14.8. The van der Waals surface area contributed by atoms with Crippen LogP contribution in [0.4, 0.5) is 18.0 Å². The van der Waals surface area contributed by atoms with Gasteiger partial charge in [0, 0.05) is 56.9 Å². The van der Waals surface area contributed by atoms with Crippen molar-refractivity contribution in [2.24, 2.45) is 0 Å². The molecule has 0 aromatic rings. The van der Waals surface area contributed by atoms with Crippen LogP contribution in [0.2, 0.25) is 0 Å². The minimum absolute atomic E-state index is 0.132. The lowest BCUT2D eigenvalue weighted by atomic mass is 9.87. The number of carbonyl (C=O) groups is 1. The number of morpholine rings is 1. The minimum atomic E-state index is -4.76. The van der Waals surface area contributed by atoms with E-state index in [4.69, 9.17) is 9.47 Å². The van der Waals surface area contributed by atoms with Gasteiger partial charge in [-0.05, 0) is 40.2 Å². The SMILES string of the molecule is CC(C)(C)OC(=O)N1CCN(CC2=CCC(C)(N3CCOCC3)C=C2OC(F)(F)F)CC1. The molecular formula is C22H34F3N3O4. The predicted octanol–water partition coefficient (Wildman–Crippen LogP) is 3.38. The lowest BCUT2D eigenvalue weighted by Crippen LogP contribution is -2.52. The maximum absolute atomic E-state index is 13.2. The van der Waals surface area contributed by atoms with Crippen LogP contribution in [0.15, 0.2) is 23.5 Å². The number of ether oxygens (including phenoxy) is 3. The molecule has 0 aromatic heterocycles. The Balaban J connectivity index is 1.64. The largest absolute Gasteiger partial charge is 0.573 e. The van der Waals surface area contributed by atoms with Crippen molar-refractivity contribution in [2.45, 2.75) is 51.6 Å². The highest BCUT2D eigenvalue weighted by Crippen LogP contribution is 2.35. The van der Waals surface area contributed by atoms with Crippen molar-refractivity contribution in [3.05, 3.63) is 23.5 Å². The van der Waals surface area contributed by atoms with Crippen LogP contribution < -0.4 is 0 Å². The first-order valence-corrected chi connectivity index (χ1v) is 11.1. The summed E-state index contributed by atoms with van der Waals surface area (Å²) in [7, 11) is 0. The van der Waals surface area contributed by atoms with Gasteiger partial charge in [-0.1, -0.05) is 6.08 Å². The van der Waals surface area contributed by atoms with Crippen LogP contribution in [-0.4, -0.2) is 97.3 Å². The minimum Gasteiger partial charge on any atom is -0.444 e. The molecule has 0 radical (unpaired) electrons. The molecule has 3 rings (SSSR count). The number of carbonyl (C=O) groups excluding carboxylic acids is 1. The van der Waals surface area contributed by atoms with Crippen LogP contribution in [-0.2, 0) is 14.2 Å². The van der Waals surface area contributed by atoms with Crippen LogP contribution in [0.5, 0.6) is 0 Å². The summed E-state index contributed by atoms with van der Waals surface area (Å²) in [6.07, 6.45) is -1.06. The number of halogens is 3. The molecule has 7 nitrogen and oxygen atoms in total. The molecule has 0 bridgehead atoms. The Morgan fingerprint density at radius 3 is 2.28 bits per heavy atom. The van der Waals surface area contributed by atoms with Crippen molar-refractivity contribution in [1.29, 1.82) is 0 Å². The van der Waals surface area contributed by atoms with Crippen molar-refractivity contribution in [1.82, 2.24) is 14.7 Å². The van der Waals surface area contributed by atoms with Crippen molar-refractivity contribution in [3.8, 4) is 0 Å². The molecule has 3 aliphatic rings. The second-order valence-corrected chi connectivity index (χ2v) is 9.69. The van der Waals surface area contributed by atoms with E-state index in [9.17, 15) is 18.0 Å². The maximum Gasteiger partial charge on any atom is 0.573 e. The van der Waals surface area contributed by atoms with E-state index in [1.165, 1.54) is 0 Å². The Kier molecular flexibility index (Phi) is 7.46. The quantitative estimate of drug-likeness (QED) is 0.640. The van der Waals surface area contributed by atoms with E-state index in [-0.39, 0.29) is 11.9 Å². The van der Waals surface area contributed by atoms with Gasteiger partial charge in [-0.3, -0.25) is 9.80 Å². The summed E-state index contributed by atoms with van der Waals surface area (Å²) in [5.74, 6) is -0.132. The van der Waals surface area contributed by atoms with E-state index in [1.807, 2.05) is 38.7 Å². The van der Waals surface area contributed by atoms with E-state index < -0.39 is 17.5 Å². The van der Waals surface area contributed by atoms with Gasteiger partial charge >= 0.3 is 12.5 Å². The number of rotatable bonds is 4. The van der Waals surface area contributed by atoms with Gasteiger partial charge in [0.1, 0.15) is 11.4 Å². The van der Waals surface area contributed by atoms with Crippen LogP contribution >= 0.6 is 0 Å². The Labute approximate surface area is 187 Å². The summed E-state index contributed by atoms with van der Waals surface area (Å²) in [5, 5.41) is 0. The van der Waals surface area contributed by atoms with Crippen LogP contribution in [0, 0.1) is 0 Å². The predicted molar refractivity (Wildman–Crippen MR) is 113 cm³/mol. The molecule has 0 saturated carbocycles. The zero-order valence-corrected chi connectivity index (χ0v) is 19.3. The highest BCUT2D eigenvalue weighted by Gasteiger charge is 2.39. The Morgan fingerprint density at radius 1 is 1.09 bits per heavy atom. The van der Waals surface area contributed by atoms with Gasteiger partial charge in [0.25, 0.3) is 0 Å². The lowest BCUT2D eigenvalue weighted by molar-refractivity contribution is -0.304. The molecule has 2 heterocycles. The Hall–Kier alpha value is -1.78. The lowest BCUT2D eigenvalue weighted by Gasteiger charge is -2.43. The number of amides is 1. The van der Waals surface area contributed by atoms with Gasteiger partial charge < -0.3 is 19.1 Å². The summed E-state index contributed by atoms with van der Waals surface area (Å²) in [6, 6.07) is 0. The molecule has 1 aliphatic carbocycles. The van der Waals surface area contributed by atoms with Crippen molar-refractivity contribution < 1.29 is 32.2 Å². The van der Waals surface area contributed by atoms with Gasteiger partial charge in [-0.15, -0.1) is 13.2 Å². The highest BCUT2D eigenvalue weighted by molar-refractivity contribution is 5.68. The van der Waals surface area contributed by atoms with E-state index in [2.05, 4.69) is 9.64 Å². The van der Waals surface area contributed by atoms with E-state index >= 15 is 0 Å². The molecule has 0 aromatic carbocycles. The van der Waals surface area contributed by atoms with Crippen molar-refractivity contribution in [2.75, 3.05) is 59.0 Å². The topological polar surface area (TPSA) is 54.5 Å². The molecule has 0 N–H and O–H groups in total. The summed E-state index contributed by atoms with van der Waals surface area (Å²) in [4.78, 5) is 18.1. The molecule has 2 fully saturated rings. The second-order valence-electron chi connectivity index (χ2n) is 9.69. The maximum atomic E-state index is 13.2. The number of nitrogens with zero attached hydrogens (tertiary/aromatic N) is 3. The summed E-state index contributed by atoms with van der Waals surface area (Å²) >= 11 is 0. The van der Waals surface area contributed by atoms with Crippen LogP contribution in [0.1, 0.15) is 34.1 Å². The van der Waals surface area contributed by atoms with E-state index in [0.29, 0.717) is 71.0 Å². The third-order valence-corrected chi connectivity index (χ3v) is 5.90. The smallest absolute Gasteiger partial charge is 0.444 e. The molecule has 2 aliphatic heterocycles. The number of alkyl halides is 3. The number of piperazine rings is 1. The summed E-state index contributed by atoms with van der Waals surface area (Å²) < 4.78 is 54.7. The third kappa shape index (κ3) is 6.86. The molecule has 1 amide bonds. The zero-order valence-electron chi connectivity index (χ0n) is 19.3. The first-order valence-electron chi connectivity index (χ1n) is 11.1. The average molecular weight is 462 g/mol. The molecule has 1 unspecified atom stereocenters. The Morgan fingerprint density at radius 2 is 1.72 bits per heavy atom. The number of hydrogen-bond donors (Lipinski definition) is 0. The van der Waals surface area contributed by atoms with E-state index in [0.717, 1.165) is 0 Å². The fourth-order valence-electron chi connectivity index (χ4n) is 4.18. The fraction of sp³-hybridized carbons (Fsp3) is 0.773. The fourth-order valence-corrected chi connectivity index (χ4v) is 4.18. The third-order valence-electron chi connectivity index (χ3n) is 5.90. The highest BCUT2D eigenvalue weighted by atomic mass is 19.4. The average Bonchev–Trinajstić information content (AvgIpc) is 2.69. The van der Waals surface area contributed by atoms with Crippen molar-refractivity contribution >= 4 is 6.09 Å². The van der Waals surface area contributed by atoms with Crippen LogP contribution in [0.25, 0.3) is 0 Å². The summed E-state index contributed by atoms with van der Waals surface area (Å²) in [5.41, 5.74) is -0.592. The Bertz CT molecular complexity index is 734. The first kappa shape index (κ1) is 24.9. The molecule has 10 heteroatoms. The number of hydrogen-bond acceptors (Lipinski definition) is 6. The van der Waals surface area contributed by atoms with Gasteiger partial charge in [-0.25, -0.2) is 4.79 Å². The molecular weight excluding hydrogens is 427 g/mol. The van der Waals surface area contributed by atoms with Gasteiger partial charge in [-0.2, -0.15) is 0 Å². The second kappa shape index (κ2) is 9.61. The van der Waals surface area contributed by atoms with Gasteiger partial charge in [0.2, 0.25) is 0 Å². The monoisotopic (exact) mass is 461 g/mol.